The Morgan fingerprint density at radius 2 is 2.21 bits per heavy atom. The molecule has 2 aliphatic rings. The molecule has 0 aliphatic carbocycles. The molecule has 3 rings (SSSR count). The minimum atomic E-state index is 0.223. The van der Waals surface area contributed by atoms with Gasteiger partial charge in [0.2, 0.25) is 0 Å². The maximum absolute atomic E-state index is 12.7. The van der Waals surface area contributed by atoms with Crippen LogP contribution in [0.4, 0.5) is 0 Å². The van der Waals surface area contributed by atoms with Crippen LogP contribution in [-0.4, -0.2) is 37.0 Å². The fourth-order valence-corrected chi connectivity index (χ4v) is 3.46. The SMILES string of the molecule is CCc1ccccc1C(=O)N1CCC2(CCNC2)C1. The van der Waals surface area contributed by atoms with Gasteiger partial charge in [0.05, 0.1) is 0 Å². The van der Waals surface area contributed by atoms with Crippen molar-refractivity contribution in [2.45, 2.75) is 26.2 Å². The van der Waals surface area contributed by atoms with Crippen LogP contribution in [0.2, 0.25) is 0 Å². The molecular weight excluding hydrogens is 236 g/mol. The zero-order chi connectivity index (χ0) is 13.3. The minimum Gasteiger partial charge on any atom is -0.338 e. The van der Waals surface area contributed by atoms with Crippen LogP contribution in [0, 0.1) is 5.41 Å². The summed E-state index contributed by atoms with van der Waals surface area (Å²) in [7, 11) is 0. The second-order valence-corrected chi connectivity index (χ2v) is 5.91. The van der Waals surface area contributed by atoms with Crippen LogP contribution < -0.4 is 5.32 Å². The van der Waals surface area contributed by atoms with Gasteiger partial charge in [-0.15, -0.1) is 0 Å². The van der Waals surface area contributed by atoms with E-state index in [2.05, 4.69) is 23.2 Å². The van der Waals surface area contributed by atoms with Crippen molar-refractivity contribution in [3.8, 4) is 0 Å². The zero-order valence-electron chi connectivity index (χ0n) is 11.6. The van der Waals surface area contributed by atoms with E-state index in [1.807, 2.05) is 18.2 Å². The van der Waals surface area contributed by atoms with Crippen molar-refractivity contribution in [2.75, 3.05) is 26.2 Å². The number of carbonyl (C=O) groups excluding carboxylic acids is 1. The molecule has 1 atom stereocenters. The van der Waals surface area contributed by atoms with E-state index < -0.39 is 0 Å². The van der Waals surface area contributed by atoms with E-state index in [-0.39, 0.29) is 5.91 Å². The van der Waals surface area contributed by atoms with E-state index in [1.54, 1.807) is 0 Å². The number of likely N-dealkylation sites (tertiary alicyclic amines) is 1. The van der Waals surface area contributed by atoms with Crippen LogP contribution >= 0.6 is 0 Å². The number of aryl methyl sites for hydroxylation is 1. The summed E-state index contributed by atoms with van der Waals surface area (Å²) in [5.74, 6) is 0.223. The summed E-state index contributed by atoms with van der Waals surface area (Å²) < 4.78 is 0. The largest absolute Gasteiger partial charge is 0.338 e. The predicted molar refractivity (Wildman–Crippen MR) is 76.3 cm³/mol. The second-order valence-electron chi connectivity index (χ2n) is 5.91. The van der Waals surface area contributed by atoms with E-state index in [4.69, 9.17) is 0 Å². The summed E-state index contributed by atoms with van der Waals surface area (Å²) in [6.07, 6.45) is 3.29. The highest BCUT2D eigenvalue weighted by atomic mass is 16.2. The lowest BCUT2D eigenvalue weighted by Gasteiger charge is -2.23. The number of hydrogen-bond acceptors (Lipinski definition) is 2. The van der Waals surface area contributed by atoms with Crippen LogP contribution in [0.1, 0.15) is 35.7 Å². The molecule has 1 aromatic rings. The number of hydrogen-bond donors (Lipinski definition) is 1. The van der Waals surface area contributed by atoms with Gasteiger partial charge in [0.1, 0.15) is 0 Å². The van der Waals surface area contributed by atoms with E-state index in [9.17, 15) is 4.79 Å². The fraction of sp³-hybridized carbons (Fsp3) is 0.562. The molecule has 1 N–H and O–H groups in total. The van der Waals surface area contributed by atoms with Crippen molar-refractivity contribution in [3.05, 3.63) is 35.4 Å². The van der Waals surface area contributed by atoms with Crippen LogP contribution in [0.3, 0.4) is 0 Å². The fourth-order valence-electron chi connectivity index (χ4n) is 3.46. The molecule has 0 saturated carbocycles. The maximum atomic E-state index is 12.7. The summed E-state index contributed by atoms with van der Waals surface area (Å²) in [5, 5.41) is 3.44. The van der Waals surface area contributed by atoms with Crippen molar-refractivity contribution >= 4 is 5.91 Å². The van der Waals surface area contributed by atoms with Gasteiger partial charge in [-0.25, -0.2) is 0 Å². The molecule has 1 spiro atoms. The Bertz CT molecular complexity index is 477. The van der Waals surface area contributed by atoms with Crippen LogP contribution in [0.15, 0.2) is 24.3 Å². The van der Waals surface area contributed by atoms with Gasteiger partial charge in [-0.3, -0.25) is 4.79 Å². The summed E-state index contributed by atoms with van der Waals surface area (Å²) in [5.41, 5.74) is 2.42. The monoisotopic (exact) mass is 258 g/mol. The first-order valence-electron chi connectivity index (χ1n) is 7.32. The van der Waals surface area contributed by atoms with Crippen LogP contribution in [-0.2, 0) is 6.42 Å². The Balaban J connectivity index is 1.78. The molecule has 3 heteroatoms. The molecule has 1 amide bonds. The van der Waals surface area contributed by atoms with Gasteiger partial charge in [-0.05, 0) is 37.4 Å². The van der Waals surface area contributed by atoms with Gasteiger partial charge in [0, 0.05) is 30.6 Å². The Hall–Kier alpha value is -1.35. The summed E-state index contributed by atoms with van der Waals surface area (Å²) in [6, 6.07) is 8.02. The summed E-state index contributed by atoms with van der Waals surface area (Å²) in [4.78, 5) is 14.7. The molecule has 2 fully saturated rings. The summed E-state index contributed by atoms with van der Waals surface area (Å²) in [6.45, 7) is 6.13. The molecule has 2 saturated heterocycles. The van der Waals surface area contributed by atoms with Gasteiger partial charge in [0.25, 0.3) is 5.91 Å². The van der Waals surface area contributed by atoms with Crippen molar-refractivity contribution in [1.82, 2.24) is 10.2 Å². The average Bonchev–Trinajstić information content (AvgIpc) is 3.09. The Morgan fingerprint density at radius 3 is 2.95 bits per heavy atom. The average molecular weight is 258 g/mol. The third kappa shape index (κ3) is 2.27. The number of nitrogens with zero attached hydrogens (tertiary/aromatic N) is 1. The Morgan fingerprint density at radius 1 is 1.37 bits per heavy atom. The van der Waals surface area contributed by atoms with Gasteiger partial charge >= 0.3 is 0 Å². The lowest BCUT2D eigenvalue weighted by atomic mass is 9.86. The Kier molecular flexibility index (Phi) is 3.31. The summed E-state index contributed by atoms with van der Waals surface area (Å²) >= 11 is 0. The van der Waals surface area contributed by atoms with Crippen molar-refractivity contribution in [3.63, 3.8) is 0 Å². The number of amides is 1. The minimum absolute atomic E-state index is 0.223. The first-order valence-corrected chi connectivity index (χ1v) is 7.32. The smallest absolute Gasteiger partial charge is 0.254 e. The van der Waals surface area contributed by atoms with E-state index in [1.165, 1.54) is 6.42 Å². The lowest BCUT2D eigenvalue weighted by molar-refractivity contribution is 0.0774. The molecular formula is C16H22N2O. The van der Waals surface area contributed by atoms with Crippen molar-refractivity contribution < 1.29 is 4.79 Å². The Labute approximate surface area is 115 Å². The number of nitrogens with one attached hydrogen (secondary N) is 1. The van der Waals surface area contributed by atoms with Gasteiger partial charge < -0.3 is 10.2 Å². The highest BCUT2D eigenvalue weighted by Crippen LogP contribution is 2.36. The van der Waals surface area contributed by atoms with Gasteiger partial charge in [-0.2, -0.15) is 0 Å². The molecule has 0 bridgehead atoms. The maximum Gasteiger partial charge on any atom is 0.254 e. The van der Waals surface area contributed by atoms with Crippen molar-refractivity contribution in [1.29, 1.82) is 0 Å². The first-order chi connectivity index (χ1) is 9.24. The van der Waals surface area contributed by atoms with E-state index in [0.717, 1.165) is 50.1 Å². The second kappa shape index (κ2) is 4.97. The highest BCUT2D eigenvalue weighted by molar-refractivity contribution is 5.95. The molecule has 2 heterocycles. The van der Waals surface area contributed by atoms with Crippen molar-refractivity contribution in [2.24, 2.45) is 5.41 Å². The van der Waals surface area contributed by atoms with Crippen LogP contribution in [0.5, 0.6) is 0 Å². The number of carbonyl (C=O) groups is 1. The highest BCUT2D eigenvalue weighted by Gasteiger charge is 2.42. The van der Waals surface area contributed by atoms with E-state index in [0.29, 0.717) is 5.41 Å². The molecule has 0 radical (unpaired) electrons. The molecule has 1 aromatic carbocycles. The van der Waals surface area contributed by atoms with Gasteiger partial charge in [-0.1, -0.05) is 25.1 Å². The van der Waals surface area contributed by atoms with Crippen LogP contribution in [0.25, 0.3) is 0 Å². The topological polar surface area (TPSA) is 32.3 Å². The molecule has 3 nitrogen and oxygen atoms in total. The third-order valence-corrected chi connectivity index (χ3v) is 4.69. The quantitative estimate of drug-likeness (QED) is 0.881. The van der Waals surface area contributed by atoms with Gasteiger partial charge in [0.15, 0.2) is 0 Å². The number of benzene rings is 1. The number of rotatable bonds is 2. The predicted octanol–water partition coefficient (Wildman–Crippen LogP) is 2.07. The normalized spacial score (nSPS) is 26.3. The molecule has 102 valence electrons. The molecule has 0 aromatic heterocycles. The molecule has 19 heavy (non-hydrogen) atoms. The molecule has 2 aliphatic heterocycles. The first kappa shape index (κ1) is 12.7. The molecule has 1 unspecified atom stereocenters. The van der Waals surface area contributed by atoms with E-state index >= 15 is 0 Å². The zero-order valence-corrected chi connectivity index (χ0v) is 11.6. The lowest BCUT2D eigenvalue weighted by Crippen LogP contribution is -2.33. The standard InChI is InChI=1S/C16H22N2O/c1-2-13-5-3-4-6-14(13)15(19)18-10-8-16(12-18)7-9-17-11-16/h3-6,17H,2,7-12H2,1H3. The third-order valence-electron chi connectivity index (χ3n) is 4.69.